The van der Waals surface area contributed by atoms with Crippen molar-refractivity contribution in [3.05, 3.63) is 53.1 Å². The van der Waals surface area contributed by atoms with Crippen LogP contribution in [0.15, 0.2) is 42.5 Å². The smallest absolute Gasteiger partial charge is 0.224 e. The second kappa shape index (κ2) is 8.36. The Labute approximate surface area is 146 Å². The maximum absolute atomic E-state index is 12.1. The zero-order chi connectivity index (χ0) is 17.5. The first kappa shape index (κ1) is 17.8. The average Bonchev–Trinajstić information content (AvgIpc) is 2.53. The summed E-state index contributed by atoms with van der Waals surface area (Å²) in [6.07, 6.45) is 0.933. The number of hydrogen-bond donors (Lipinski definition) is 2. The average molecular weight is 347 g/mol. The lowest BCUT2D eigenvalue weighted by Gasteiger charge is -2.12. The van der Waals surface area contributed by atoms with Gasteiger partial charge >= 0.3 is 0 Å². The normalized spacial score (nSPS) is 10.1. The molecule has 2 aromatic carbocycles. The third-order valence-corrected chi connectivity index (χ3v) is 3.56. The van der Waals surface area contributed by atoms with Crippen LogP contribution in [0.4, 0.5) is 11.4 Å². The zero-order valence-electron chi connectivity index (χ0n) is 13.6. The number of nitrogens with one attached hydrogen (secondary N) is 2. The summed E-state index contributed by atoms with van der Waals surface area (Å²) in [7, 11) is 1.52. The van der Waals surface area contributed by atoms with Crippen LogP contribution in [0.5, 0.6) is 5.75 Å². The summed E-state index contributed by atoms with van der Waals surface area (Å²) < 4.78 is 5.18. The fraction of sp³-hybridized carbons (Fsp3) is 0.222. The van der Waals surface area contributed by atoms with Crippen LogP contribution in [0.25, 0.3) is 0 Å². The molecule has 0 radical (unpaired) electrons. The van der Waals surface area contributed by atoms with E-state index in [-0.39, 0.29) is 11.8 Å². The molecular formula is C18H19ClN2O3. The molecule has 0 atom stereocenters. The van der Waals surface area contributed by atoms with Crippen LogP contribution >= 0.6 is 11.6 Å². The Hall–Kier alpha value is -2.53. The van der Waals surface area contributed by atoms with Gasteiger partial charge < -0.3 is 15.4 Å². The predicted octanol–water partition coefficient (Wildman–Crippen LogP) is 3.88. The fourth-order valence-corrected chi connectivity index (χ4v) is 2.46. The Morgan fingerprint density at radius 2 is 1.92 bits per heavy atom. The minimum absolute atomic E-state index is 0.117. The molecule has 5 nitrogen and oxygen atoms in total. The van der Waals surface area contributed by atoms with E-state index in [4.69, 9.17) is 16.3 Å². The van der Waals surface area contributed by atoms with Crippen molar-refractivity contribution in [3.63, 3.8) is 0 Å². The van der Waals surface area contributed by atoms with Gasteiger partial charge in [0.1, 0.15) is 5.75 Å². The number of aryl methyl sites for hydroxylation is 1. The molecule has 0 aliphatic heterocycles. The summed E-state index contributed by atoms with van der Waals surface area (Å²) in [5, 5.41) is 6.14. The Morgan fingerprint density at radius 1 is 1.12 bits per heavy atom. The Bertz CT molecular complexity index is 747. The maximum atomic E-state index is 12.1. The highest BCUT2D eigenvalue weighted by Gasteiger charge is 2.09. The lowest BCUT2D eigenvalue weighted by Crippen LogP contribution is -2.13. The van der Waals surface area contributed by atoms with E-state index in [0.29, 0.717) is 35.0 Å². The molecule has 0 aliphatic rings. The van der Waals surface area contributed by atoms with Gasteiger partial charge in [0.25, 0.3) is 0 Å². The number of benzene rings is 2. The molecule has 0 heterocycles. The third-order valence-electron chi connectivity index (χ3n) is 3.32. The van der Waals surface area contributed by atoms with Gasteiger partial charge in [-0.15, -0.1) is 0 Å². The SMILES string of the molecule is COc1ccc(NC(=O)CCc2cccc(Cl)c2)cc1NC(C)=O. The number of amides is 2. The number of anilines is 2. The van der Waals surface area contributed by atoms with Crippen LogP contribution in [-0.2, 0) is 16.0 Å². The second-order valence-electron chi connectivity index (χ2n) is 5.27. The number of halogens is 1. The lowest BCUT2D eigenvalue weighted by atomic mass is 10.1. The highest BCUT2D eigenvalue weighted by atomic mass is 35.5. The number of ether oxygens (including phenoxy) is 1. The van der Waals surface area contributed by atoms with Gasteiger partial charge in [-0.05, 0) is 42.3 Å². The first-order valence-corrected chi connectivity index (χ1v) is 7.85. The summed E-state index contributed by atoms with van der Waals surface area (Å²) in [6.45, 7) is 1.41. The number of carbonyl (C=O) groups is 2. The molecule has 0 spiro atoms. The van der Waals surface area contributed by atoms with Gasteiger partial charge in [-0.3, -0.25) is 9.59 Å². The monoisotopic (exact) mass is 346 g/mol. The molecule has 0 aromatic heterocycles. The van der Waals surface area contributed by atoms with Crippen LogP contribution in [0.1, 0.15) is 18.9 Å². The van der Waals surface area contributed by atoms with E-state index < -0.39 is 0 Å². The minimum atomic E-state index is -0.210. The molecule has 0 bridgehead atoms. The zero-order valence-corrected chi connectivity index (χ0v) is 14.3. The Morgan fingerprint density at radius 3 is 2.58 bits per heavy atom. The molecule has 126 valence electrons. The van der Waals surface area contributed by atoms with Crippen molar-refractivity contribution in [3.8, 4) is 5.75 Å². The topological polar surface area (TPSA) is 67.4 Å². The quantitative estimate of drug-likeness (QED) is 0.834. The first-order chi connectivity index (χ1) is 11.5. The highest BCUT2D eigenvalue weighted by molar-refractivity contribution is 6.30. The van der Waals surface area contributed by atoms with Gasteiger partial charge in [-0.1, -0.05) is 23.7 Å². The van der Waals surface area contributed by atoms with Gasteiger partial charge in [-0.25, -0.2) is 0 Å². The summed E-state index contributed by atoms with van der Waals surface area (Å²) >= 11 is 5.93. The molecule has 0 unspecified atom stereocenters. The lowest BCUT2D eigenvalue weighted by molar-refractivity contribution is -0.116. The molecule has 0 saturated heterocycles. The van der Waals surface area contributed by atoms with Crippen LogP contribution < -0.4 is 15.4 Å². The number of carbonyl (C=O) groups excluding carboxylic acids is 2. The van der Waals surface area contributed by atoms with Crippen molar-refractivity contribution >= 4 is 34.8 Å². The van der Waals surface area contributed by atoms with Crippen LogP contribution in [0.3, 0.4) is 0 Å². The predicted molar refractivity (Wildman–Crippen MR) is 95.7 cm³/mol. The molecule has 0 fully saturated rings. The van der Waals surface area contributed by atoms with Gasteiger partial charge in [0.2, 0.25) is 11.8 Å². The third kappa shape index (κ3) is 5.28. The standard InChI is InChI=1S/C18H19ClN2O3/c1-12(22)20-16-11-15(7-8-17(16)24-2)21-18(23)9-6-13-4-3-5-14(19)10-13/h3-5,7-8,10-11H,6,9H2,1-2H3,(H,20,22)(H,21,23). The number of hydrogen-bond acceptors (Lipinski definition) is 3. The van der Waals surface area contributed by atoms with E-state index in [0.717, 1.165) is 5.56 Å². The van der Waals surface area contributed by atoms with E-state index >= 15 is 0 Å². The minimum Gasteiger partial charge on any atom is -0.495 e. The summed E-state index contributed by atoms with van der Waals surface area (Å²) in [5.74, 6) is 0.203. The van der Waals surface area contributed by atoms with Gasteiger partial charge in [0, 0.05) is 24.1 Å². The molecule has 6 heteroatoms. The van der Waals surface area contributed by atoms with E-state index in [1.54, 1.807) is 24.3 Å². The maximum Gasteiger partial charge on any atom is 0.224 e. The first-order valence-electron chi connectivity index (χ1n) is 7.48. The van der Waals surface area contributed by atoms with E-state index in [2.05, 4.69) is 10.6 Å². The van der Waals surface area contributed by atoms with Crippen molar-refractivity contribution in [2.75, 3.05) is 17.7 Å². The van der Waals surface area contributed by atoms with Gasteiger partial charge in [0.05, 0.1) is 12.8 Å². The summed E-state index contributed by atoms with van der Waals surface area (Å²) in [5.41, 5.74) is 2.11. The molecule has 24 heavy (non-hydrogen) atoms. The molecular weight excluding hydrogens is 328 g/mol. The van der Waals surface area contributed by atoms with Crippen molar-refractivity contribution in [1.82, 2.24) is 0 Å². The largest absolute Gasteiger partial charge is 0.495 e. The molecule has 0 aliphatic carbocycles. The molecule has 2 rings (SSSR count). The Kier molecular flexibility index (Phi) is 6.21. The van der Waals surface area contributed by atoms with Crippen molar-refractivity contribution < 1.29 is 14.3 Å². The molecule has 2 amide bonds. The fourth-order valence-electron chi connectivity index (χ4n) is 2.25. The van der Waals surface area contributed by atoms with E-state index in [1.165, 1.54) is 14.0 Å². The van der Waals surface area contributed by atoms with Crippen LogP contribution in [0, 0.1) is 0 Å². The highest BCUT2D eigenvalue weighted by Crippen LogP contribution is 2.28. The van der Waals surface area contributed by atoms with Crippen molar-refractivity contribution in [2.45, 2.75) is 19.8 Å². The van der Waals surface area contributed by atoms with Crippen LogP contribution in [-0.4, -0.2) is 18.9 Å². The number of rotatable bonds is 6. The number of methoxy groups -OCH3 is 1. The van der Waals surface area contributed by atoms with Gasteiger partial charge in [-0.2, -0.15) is 0 Å². The molecule has 0 saturated carbocycles. The van der Waals surface area contributed by atoms with Crippen molar-refractivity contribution in [1.29, 1.82) is 0 Å². The summed E-state index contributed by atoms with van der Waals surface area (Å²) in [4.78, 5) is 23.3. The molecule has 2 N–H and O–H groups in total. The Balaban J connectivity index is 1.99. The second-order valence-corrected chi connectivity index (χ2v) is 5.71. The van der Waals surface area contributed by atoms with E-state index in [1.807, 2.05) is 18.2 Å². The van der Waals surface area contributed by atoms with Gasteiger partial charge in [0.15, 0.2) is 0 Å². The van der Waals surface area contributed by atoms with Crippen molar-refractivity contribution in [2.24, 2.45) is 0 Å². The van der Waals surface area contributed by atoms with E-state index in [9.17, 15) is 9.59 Å². The summed E-state index contributed by atoms with van der Waals surface area (Å²) in [6, 6.07) is 12.5. The van der Waals surface area contributed by atoms with Crippen LogP contribution in [0.2, 0.25) is 5.02 Å². The molecule has 2 aromatic rings.